The Morgan fingerprint density at radius 2 is 2.00 bits per heavy atom. The van der Waals surface area contributed by atoms with Gasteiger partial charge in [-0.1, -0.05) is 36.0 Å². The van der Waals surface area contributed by atoms with Crippen LogP contribution in [0.15, 0.2) is 58.3 Å². The number of thiazole rings is 1. The van der Waals surface area contributed by atoms with E-state index in [2.05, 4.69) is 32.7 Å². The summed E-state index contributed by atoms with van der Waals surface area (Å²) in [4.78, 5) is 19.8. The second-order valence-electron chi connectivity index (χ2n) is 7.99. The summed E-state index contributed by atoms with van der Waals surface area (Å²) < 4.78 is 6.49. The number of carbonyl (C=O) groups is 1. The van der Waals surface area contributed by atoms with E-state index in [0.29, 0.717) is 12.1 Å². The van der Waals surface area contributed by atoms with Crippen molar-refractivity contribution in [2.45, 2.75) is 35.9 Å². The number of methoxy groups -OCH3 is 1. The van der Waals surface area contributed by atoms with Crippen molar-refractivity contribution in [3.63, 3.8) is 0 Å². The molecule has 1 atom stereocenters. The van der Waals surface area contributed by atoms with Crippen LogP contribution in [0.4, 0.5) is 0 Å². The molecule has 0 bridgehead atoms. The van der Waals surface area contributed by atoms with Crippen LogP contribution in [0, 0.1) is 6.92 Å². The second-order valence-corrected chi connectivity index (χ2v) is 10.1. The molecular formula is C25H29N3O2S2. The van der Waals surface area contributed by atoms with E-state index in [1.54, 1.807) is 30.2 Å². The number of likely N-dealkylation sites (tertiary alicyclic amines) is 1. The Bertz CT molecular complexity index is 1030. The number of rotatable bonds is 9. The molecule has 1 fully saturated rings. The van der Waals surface area contributed by atoms with Crippen LogP contribution < -0.4 is 10.1 Å². The van der Waals surface area contributed by atoms with Gasteiger partial charge in [-0.25, -0.2) is 4.98 Å². The normalized spacial score (nSPS) is 14.9. The van der Waals surface area contributed by atoms with Gasteiger partial charge in [0.2, 0.25) is 0 Å². The summed E-state index contributed by atoms with van der Waals surface area (Å²) in [6.45, 7) is 4.70. The lowest BCUT2D eigenvalue weighted by Crippen LogP contribution is -2.36. The topological polar surface area (TPSA) is 54.5 Å². The van der Waals surface area contributed by atoms with E-state index in [4.69, 9.17) is 4.74 Å². The van der Waals surface area contributed by atoms with Crippen molar-refractivity contribution in [2.24, 2.45) is 0 Å². The highest BCUT2D eigenvalue weighted by Crippen LogP contribution is 2.28. The average Bonchev–Trinajstić information content (AvgIpc) is 3.50. The van der Waals surface area contributed by atoms with Crippen molar-refractivity contribution in [3.05, 3.63) is 76.3 Å². The number of nitrogens with zero attached hydrogens (tertiary/aromatic N) is 2. The Morgan fingerprint density at radius 1 is 1.22 bits per heavy atom. The highest BCUT2D eigenvalue weighted by atomic mass is 32.2. The van der Waals surface area contributed by atoms with Crippen molar-refractivity contribution in [1.82, 2.24) is 15.2 Å². The van der Waals surface area contributed by atoms with Crippen LogP contribution in [0.25, 0.3) is 0 Å². The number of aryl methyl sites for hydroxylation is 1. The predicted molar refractivity (Wildman–Crippen MR) is 132 cm³/mol. The van der Waals surface area contributed by atoms with Gasteiger partial charge in [-0.3, -0.25) is 9.69 Å². The first-order chi connectivity index (χ1) is 15.6. The fourth-order valence-electron chi connectivity index (χ4n) is 3.95. The monoisotopic (exact) mass is 467 g/mol. The molecule has 0 saturated carbocycles. The van der Waals surface area contributed by atoms with Crippen LogP contribution in [-0.2, 0) is 5.75 Å². The molecule has 0 aliphatic carbocycles. The van der Waals surface area contributed by atoms with Gasteiger partial charge in [0.25, 0.3) is 5.91 Å². The summed E-state index contributed by atoms with van der Waals surface area (Å²) in [6, 6.07) is 16.2. The van der Waals surface area contributed by atoms with E-state index in [1.807, 2.05) is 43.3 Å². The zero-order chi connectivity index (χ0) is 22.3. The van der Waals surface area contributed by atoms with Crippen LogP contribution in [-0.4, -0.2) is 42.5 Å². The van der Waals surface area contributed by atoms with Gasteiger partial charge in [-0.15, -0.1) is 11.3 Å². The minimum absolute atomic E-state index is 0.0353. The molecule has 4 rings (SSSR count). The third kappa shape index (κ3) is 5.91. The third-order valence-corrected chi connectivity index (χ3v) is 7.90. The first-order valence-electron chi connectivity index (χ1n) is 10.9. The van der Waals surface area contributed by atoms with Crippen LogP contribution in [0.2, 0.25) is 0 Å². The van der Waals surface area contributed by atoms with Crippen LogP contribution in [0.5, 0.6) is 5.75 Å². The number of ether oxygens (including phenoxy) is 1. The lowest BCUT2D eigenvalue weighted by molar-refractivity contribution is 0.0938. The van der Waals surface area contributed by atoms with Crippen molar-refractivity contribution in [2.75, 3.05) is 26.7 Å². The van der Waals surface area contributed by atoms with Crippen molar-refractivity contribution < 1.29 is 9.53 Å². The number of carbonyl (C=O) groups excluding carboxylic acids is 1. The molecule has 1 saturated heterocycles. The minimum Gasteiger partial charge on any atom is -0.497 e. The molecule has 1 amide bonds. The predicted octanol–water partition coefficient (Wildman–Crippen LogP) is 5.32. The SMILES string of the molecule is COc1cccc(C(CNC(=O)c2ccc(CSc3nc(C)cs3)cc2)N2CCCC2)c1. The number of hydrogen-bond acceptors (Lipinski definition) is 6. The first-order valence-corrected chi connectivity index (χ1v) is 12.8. The summed E-state index contributed by atoms with van der Waals surface area (Å²) in [5.74, 6) is 1.66. The van der Waals surface area contributed by atoms with E-state index in [9.17, 15) is 4.79 Å². The van der Waals surface area contributed by atoms with Crippen LogP contribution in [0.1, 0.15) is 46.1 Å². The van der Waals surface area contributed by atoms with Gasteiger partial charge in [-0.05, 0) is 68.2 Å². The Hall–Kier alpha value is -2.35. The molecule has 1 aliphatic rings. The number of aromatic nitrogens is 1. The molecule has 5 nitrogen and oxygen atoms in total. The molecule has 168 valence electrons. The van der Waals surface area contributed by atoms with Crippen molar-refractivity contribution >= 4 is 29.0 Å². The van der Waals surface area contributed by atoms with Gasteiger partial charge in [0.15, 0.2) is 0 Å². The molecule has 3 aromatic rings. The fourth-order valence-corrected chi connectivity index (χ4v) is 5.75. The Balaban J connectivity index is 1.37. The lowest BCUT2D eigenvalue weighted by atomic mass is 10.0. The number of amides is 1. The van der Waals surface area contributed by atoms with Crippen molar-refractivity contribution in [3.8, 4) is 5.75 Å². The molecule has 7 heteroatoms. The van der Waals surface area contributed by atoms with Gasteiger partial charge in [0.05, 0.1) is 13.2 Å². The molecule has 0 spiro atoms. The van der Waals surface area contributed by atoms with E-state index in [0.717, 1.165) is 34.6 Å². The van der Waals surface area contributed by atoms with E-state index in [1.165, 1.54) is 24.0 Å². The summed E-state index contributed by atoms with van der Waals surface area (Å²) in [5.41, 5.74) is 4.11. The summed E-state index contributed by atoms with van der Waals surface area (Å²) in [5, 5.41) is 5.22. The van der Waals surface area contributed by atoms with Gasteiger partial charge >= 0.3 is 0 Å². The Morgan fingerprint density at radius 3 is 2.69 bits per heavy atom. The number of benzene rings is 2. The summed E-state index contributed by atoms with van der Waals surface area (Å²) >= 11 is 3.40. The minimum atomic E-state index is -0.0353. The summed E-state index contributed by atoms with van der Waals surface area (Å²) in [7, 11) is 1.69. The molecule has 1 aromatic heterocycles. The Kier molecular flexibility index (Phi) is 7.84. The van der Waals surface area contributed by atoms with Gasteiger partial charge < -0.3 is 10.1 Å². The molecule has 2 heterocycles. The van der Waals surface area contributed by atoms with Crippen LogP contribution >= 0.6 is 23.1 Å². The van der Waals surface area contributed by atoms with Crippen molar-refractivity contribution in [1.29, 1.82) is 0 Å². The van der Waals surface area contributed by atoms with Gasteiger partial charge in [0.1, 0.15) is 10.1 Å². The Labute approximate surface area is 198 Å². The molecule has 32 heavy (non-hydrogen) atoms. The number of hydrogen-bond donors (Lipinski definition) is 1. The summed E-state index contributed by atoms with van der Waals surface area (Å²) in [6.07, 6.45) is 2.41. The standard InChI is InChI=1S/C25H29N3O2S2/c1-18-16-31-25(27-18)32-17-19-8-10-20(11-9-19)24(29)26-15-23(28-12-3-4-13-28)21-6-5-7-22(14-21)30-2/h5-11,14,16,23H,3-4,12-13,15,17H2,1-2H3,(H,26,29). The quantitative estimate of drug-likeness (QED) is 0.432. The molecule has 1 unspecified atom stereocenters. The maximum atomic E-state index is 12.8. The molecular weight excluding hydrogens is 438 g/mol. The fraction of sp³-hybridized carbons (Fsp3) is 0.360. The second kappa shape index (κ2) is 11.0. The molecule has 2 aromatic carbocycles. The molecule has 0 radical (unpaired) electrons. The van der Waals surface area contributed by atoms with E-state index in [-0.39, 0.29) is 11.9 Å². The zero-order valence-corrected chi connectivity index (χ0v) is 20.2. The van der Waals surface area contributed by atoms with E-state index >= 15 is 0 Å². The highest BCUT2D eigenvalue weighted by molar-refractivity contribution is 8.00. The maximum Gasteiger partial charge on any atom is 0.251 e. The zero-order valence-electron chi connectivity index (χ0n) is 18.5. The highest BCUT2D eigenvalue weighted by Gasteiger charge is 2.24. The first kappa shape index (κ1) is 22.8. The largest absolute Gasteiger partial charge is 0.497 e. The van der Waals surface area contributed by atoms with Gasteiger partial charge in [0, 0.05) is 28.9 Å². The average molecular weight is 468 g/mol. The molecule has 1 aliphatic heterocycles. The lowest BCUT2D eigenvalue weighted by Gasteiger charge is -2.28. The molecule has 1 N–H and O–H groups in total. The number of nitrogens with one attached hydrogen (secondary N) is 1. The third-order valence-electron chi connectivity index (χ3n) is 5.69. The van der Waals surface area contributed by atoms with Crippen LogP contribution in [0.3, 0.4) is 0 Å². The maximum absolute atomic E-state index is 12.8. The van der Waals surface area contributed by atoms with E-state index < -0.39 is 0 Å². The smallest absolute Gasteiger partial charge is 0.251 e. The number of thioether (sulfide) groups is 1. The van der Waals surface area contributed by atoms with Gasteiger partial charge in [-0.2, -0.15) is 0 Å².